The molecule has 0 aromatic heterocycles. The maximum Gasteiger partial charge on any atom is 0.251 e. The lowest BCUT2D eigenvalue weighted by Gasteiger charge is -2.16. The average Bonchev–Trinajstić information content (AvgIpc) is 2.45. The minimum Gasteiger partial charge on any atom is -0.486 e. The fourth-order valence-corrected chi connectivity index (χ4v) is 2.30. The van der Waals surface area contributed by atoms with Crippen molar-refractivity contribution in [3.63, 3.8) is 0 Å². The standard InChI is InChI=1S/C15H19Cl2NO3/c1-4-6-21-14-12(16)7-10(8-13(14)17)15(19)18-11(5-2)9-20-3/h4,7-8,11H,1,5-6,9H2,2-3H3,(H,18,19)/t11-/m1/s1. The molecule has 0 fully saturated rings. The summed E-state index contributed by atoms with van der Waals surface area (Å²) in [7, 11) is 1.59. The number of methoxy groups -OCH3 is 1. The number of carbonyl (C=O) groups is 1. The normalized spacial score (nSPS) is 11.8. The van der Waals surface area contributed by atoms with E-state index in [9.17, 15) is 4.79 Å². The van der Waals surface area contributed by atoms with Crippen molar-refractivity contribution >= 4 is 29.1 Å². The fraction of sp³-hybridized carbons (Fsp3) is 0.400. The highest BCUT2D eigenvalue weighted by atomic mass is 35.5. The first-order valence-electron chi connectivity index (χ1n) is 6.56. The fourth-order valence-electron chi connectivity index (χ4n) is 1.70. The average molecular weight is 332 g/mol. The summed E-state index contributed by atoms with van der Waals surface area (Å²) in [6.45, 7) is 6.26. The molecule has 6 heteroatoms. The highest BCUT2D eigenvalue weighted by Crippen LogP contribution is 2.34. The molecule has 0 heterocycles. The van der Waals surface area contributed by atoms with Crippen LogP contribution in [-0.2, 0) is 4.74 Å². The highest BCUT2D eigenvalue weighted by molar-refractivity contribution is 6.37. The van der Waals surface area contributed by atoms with Gasteiger partial charge in [-0.2, -0.15) is 0 Å². The molecule has 1 aromatic carbocycles. The van der Waals surface area contributed by atoms with E-state index in [1.54, 1.807) is 13.2 Å². The summed E-state index contributed by atoms with van der Waals surface area (Å²) in [6, 6.07) is 3.00. The summed E-state index contributed by atoms with van der Waals surface area (Å²) >= 11 is 12.2. The molecule has 4 nitrogen and oxygen atoms in total. The molecule has 0 aliphatic heterocycles. The zero-order chi connectivity index (χ0) is 15.8. The van der Waals surface area contributed by atoms with Crippen molar-refractivity contribution in [2.45, 2.75) is 19.4 Å². The van der Waals surface area contributed by atoms with Crippen molar-refractivity contribution in [3.8, 4) is 5.75 Å². The maximum atomic E-state index is 12.2. The van der Waals surface area contributed by atoms with Crippen LogP contribution in [0.15, 0.2) is 24.8 Å². The monoisotopic (exact) mass is 331 g/mol. The third kappa shape index (κ3) is 5.23. The summed E-state index contributed by atoms with van der Waals surface area (Å²) in [5.41, 5.74) is 0.380. The Morgan fingerprint density at radius 3 is 2.52 bits per heavy atom. The Hall–Kier alpha value is -1.23. The van der Waals surface area contributed by atoms with E-state index in [-0.39, 0.29) is 28.6 Å². The molecule has 0 radical (unpaired) electrons. The van der Waals surface area contributed by atoms with Crippen molar-refractivity contribution in [1.29, 1.82) is 0 Å². The number of amides is 1. The van der Waals surface area contributed by atoms with E-state index in [1.807, 2.05) is 6.92 Å². The Morgan fingerprint density at radius 2 is 2.05 bits per heavy atom. The molecule has 0 saturated heterocycles. The zero-order valence-corrected chi connectivity index (χ0v) is 13.6. The summed E-state index contributed by atoms with van der Waals surface area (Å²) < 4.78 is 10.4. The number of ether oxygens (including phenoxy) is 2. The topological polar surface area (TPSA) is 47.6 Å². The molecule has 1 N–H and O–H groups in total. The molecule has 1 atom stereocenters. The Labute approximate surface area is 135 Å². The van der Waals surface area contributed by atoms with Gasteiger partial charge in [-0.15, -0.1) is 0 Å². The van der Waals surface area contributed by atoms with Gasteiger partial charge in [0.05, 0.1) is 22.7 Å². The molecular formula is C15H19Cl2NO3. The van der Waals surface area contributed by atoms with Gasteiger partial charge in [-0.3, -0.25) is 4.79 Å². The van der Waals surface area contributed by atoms with Gasteiger partial charge in [-0.05, 0) is 18.6 Å². The van der Waals surface area contributed by atoms with Crippen LogP contribution in [-0.4, -0.2) is 32.3 Å². The Balaban J connectivity index is 2.88. The van der Waals surface area contributed by atoms with E-state index in [0.29, 0.717) is 17.9 Å². The molecule has 0 spiro atoms. The van der Waals surface area contributed by atoms with Crippen molar-refractivity contribution in [3.05, 3.63) is 40.4 Å². The third-order valence-electron chi connectivity index (χ3n) is 2.80. The van der Waals surface area contributed by atoms with Crippen LogP contribution in [0.25, 0.3) is 0 Å². The number of rotatable bonds is 8. The second kappa shape index (κ2) is 8.93. The molecule has 0 saturated carbocycles. The van der Waals surface area contributed by atoms with Gasteiger partial charge in [0.2, 0.25) is 0 Å². The van der Waals surface area contributed by atoms with Crippen LogP contribution < -0.4 is 10.1 Å². The van der Waals surface area contributed by atoms with Crippen molar-refractivity contribution in [2.75, 3.05) is 20.3 Å². The van der Waals surface area contributed by atoms with Crippen LogP contribution in [0.3, 0.4) is 0 Å². The summed E-state index contributed by atoms with van der Waals surface area (Å²) in [6.07, 6.45) is 2.35. The van der Waals surface area contributed by atoms with Gasteiger partial charge in [0, 0.05) is 12.7 Å². The van der Waals surface area contributed by atoms with Crippen LogP contribution >= 0.6 is 23.2 Å². The quantitative estimate of drug-likeness (QED) is 0.738. The van der Waals surface area contributed by atoms with E-state index < -0.39 is 0 Å². The van der Waals surface area contributed by atoms with Crippen LogP contribution in [0.5, 0.6) is 5.75 Å². The van der Waals surface area contributed by atoms with E-state index in [4.69, 9.17) is 32.7 Å². The smallest absolute Gasteiger partial charge is 0.251 e. The van der Waals surface area contributed by atoms with E-state index in [2.05, 4.69) is 11.9 Å². The Morgan fingerprint density at radius 1 is 1.43 bits per heavy atom. The van der Waals surface area contributed by atoms with Gasteiger partial charge in [0.1, 0.15) is 6.61 Å². The van der Waals surface area contributed by atoms with Gasteiger partial charge in [0.25, 0.3) is 5.91 Å². The van der Waals surface area contributed by atoms with Crippen molar-refractivity contribution < 1.29 is 14.3 Å². The number of nitrogens with one attached hydrogen (secondary N) is 1. The minimum atomic E-state index is -0.252. The molecule has 0 bridgehead atoms. The summed E-state index contributed by atoms with van der Waals surface area (Å²) in [4.78, 5) is 12.2. The number of halogens is 2. The van der Waals surface area contributed by atoms with Crippen LogP contribution in [0, 0.1) is 0 Å². The number of carbonyl (C=O) groups excluding carboxylic acids is 1. The number of hydrogen-bond acceptors (Lipinski definition) is 3. The van der Waals surface area contributed by atoms with E-state index in [1.165, 1.54) is 12.1 Å². The second-order valence-electron chi connectivity index (χ2n) is 4.40. The molecule has 1 amide bonds. The predicted octanol–water partition coefficient (Wildman–Crippen LogP) is 3.71. The first-order valence-corrected chi connectivity index (χ1v) is 7.31. The number of benzene rings is 1. The van der Waals surface area contributed by atoms with Crippen LogP contribution in [0.2, 0.25) is 10.0 Å². The second-order valence-corrected chi connectivity index (χ2v) is 5.22. The third-order valence-corrected chi connectivity index (χ3v) is 3.36. The van der Waals surface area contributed by atoms with Gasteiger partial charge >= 0.3 is 0 Å². The van der Waals surface area contributed by atoms with Gasteiger partial charge in [-0.1, -0.05) is 42.8 Å². The molecule has 0 aliphatic rings. The van der Waals surface area contributed by atoms with E-state index in [0.717, 1.165) is 6.42 Å². The lowest BCUT2D eigenvalue weighted by molar-refractivity contribution is 0.0894. The van der Waals surface area contributed by atoms with Crippen molar-refractivity contribution in [2.24, 2.45) is 0 Å². The zero-order valence-electron chi connectivity index (χ0n) is 12.1. The molecule has 1 aromatic rings. The minimum absolute atomic E-state index is 0.0586. The largest absolute Gasteiger partial charge is 0.486 e. The maximum absolute atomic E-state index is 12.2. The highest BCUT2D eigenvalue weighted by Gasteiger charge is 2.16. The molecule has 1 rings (SSSR count). The Kier molecular flexibility index (Phi) is 7.57. The first kappa shape index (κ1) is 17.8. The van der Waals surface area contributed by atoms with Crippen LogP contribution in [0.1, 0.15) is 23.7 Å². The van der Waals surface area contributed by atoms with Gasteiger partial charge < -0.3 is 14.8 Å². The van der Waals surface area contributed by atoms with Crippen LogP contribution in [0.4, 0.5) is 0 Å². The molecule has 0 unspecified atom stereocenters. The summed E-state index contributed by atoms with van der Waals surface area (Å²) in [5, 5.41) is 3.44. The molecule has 116 valence electrons. The van der Waals surface area contributed by atoms with E-state index >= 15 is 0 Å². The molecule has 0 aliphatic carbocycles. The molecular weight excluding hydrogens is 313 g/mol. The molecule has 21 heavy (non-hydrogen) atoms. The Bertz CT molecular complexity index is 483. The predicted molar refractivity (Wildman–Crippen MR) is 85.6 cm³/mol. The van der Waals surface area contributed by atoms with Gasteiger partial charge in [-0.25, -0.2) is 0 Å². The lowest BCUT2D eigenvalue weighted by Crippen LogP contribution is -2.37. The number of hydrogen-bond donors (Lipinski definition) is 1. The first-order chi connectivity index (χ1) is 10.0. The summed E-state index contributed by atoms with van der Waals surface area (Å²) in [5.74, 6) is 0.0942. The van der Waals surface area contributed by atoms with Gasteiger partial charge in [0.15, 0.2) is 5.75 Å². The lowest BCUT2D eigenvalue weighted by atomic mass is 10.1. The SMILES string of the molecule is C=CCOc1c(Cl)cc(C(=O)N[C@H](CC)COC)cc1Cl. The van der Waals surface area contributed by atoms with Crippen molar-refractivity contribution in [1.82, 2.24) is 5.32 Å².